The molecule has 0 fully saturated rings. The van der Waals surface area contributed by atoms with Crippen molar-refractivity contribution in [3.8, 4) is 11.5 Å². The number of hydrogen-bond donors (Lipinski definition) is 1. The maximum Gasteiger partial charge on any atom is 0.231 e. The van der Waals surface area contributed by atoms with Crippen LogP contribution in [0.25, 0.3) is 0 Å². The molecule has 26 heavy (non-hydrogen) atoms. The van der Waals surface area contributed by atoms with Crippen LogP contribution in [-0.2, 0) is 16.1 Å². The highest BCUT2D eigenvalue weighted by Gasteiger charge is 2.18. The zero-order valence-corrected chi connectivity index (χ0v) is 15.0. The third-order valence-corrected chi connectivity index (χ3v) is 4.22. The molecule has 0 aromatic heterocycles. The van der Waals surface area contributed by atoms with E-state index in [1.807, 2.05) is 31.2 Å². The Balaban J connectivity index is 1.56. The number of nitrogens with zero attached hydrogens (tertiary/aromatic N) is 1. The summed E-state index contributed by atoms with van der Waals surface area (Å²) in [7, 11) is 0. The van der Waals surface area contributed by atoms with E-state index in [4.69, 9.17) is 9.47 Å². The van der Waals surface area contributed by atoms with E-state index in [-0.39, 0.29) is 25.0 Å². The van der Waals surface area contributed by atoms with Crippen molar-refractivity contribution in [2.45, 2.75) is 26.8 Å². The normalized spacial score (nSPS) is 11.9. The first-order valence-electron chi connectivity index (χ1n) is 8.53. The van der Waals surface area contributed by atoms with Crippen molar-refractivity contribution in [1.82, 2.24) is 5.32 Å². The molecule has 0 saturated heterocycles. The number of anilines is 1. The topological polar surface area (TPSA) is 67.9 Å². The Morgan fingerprint density at radius 1 is 1.08 bits per heavy atom. The van der Waals surface area contributed by atoms with Gasteiger partial charge in [-0.15, -0.1) is 0 Å². The number of rotatable bonds is 6. The van der Waals surface area contributed by atoms with Gasteiger partial charge >= 0.3 is 0 Å². The second-order valence-electron chi connectivity index (χ2n) is 6.22. The van der Waals surface area contributed by atoms with Gasteiger partial charge in [0.2, 0.25) is 18.6 Å². The lowest BCUT2D eigenvalue weighted by molar-refractivity contribution is -0.121. The second-order valence-corrected chi connectivity index (χ2v) is 6.22. The first-order valence-corrected chi connectivity index (χ1v) is 8.53. The molecule has 0 radical (unpaired) electrons. The third kappa shape index (κ3) is 4.33. The van der Waals surface area contributed by atoms with Crippen LogP contribution in [0, 0.1) is 6.92 Å². The fraction of sp³-hybridized carbons (Fsp3) is 0.300. The number of carbonyl (C=O) groups excluding carboxylic acids is 2. The van der Waals surface area contributed by atoms with E-state index >= 15 is 0 Å². The van der Waals surface area contributed by atoms with Crippen LogP contribution in [0.3, 0.4) is 0 Å². The fourth-order valence-corrected chi connectivity index (χ4v) is 2.73. The summed E-state index contributed by atoms with van der Waals surface area (Å²) in [5.74, 6) is 1.04. The molecule has 0 atom stereocenters. The quantitative estimate of drug-likeness (QED) is 0.866. The van der Waals surface area contributed by atoms with E-state index in [0.29, 0.717) is 30.3 Å². The van der Waals surface area contributed by atoms with E-state index in [1.165, 1.54) is 12.5 Å². The molecule has 0 aliphatic carbocycles. The molecular weight excluding hydrogens is 332 g/mol. The molecule has 6 heteroatoms. The molecule has 1 N–H and O–H groups in total. The third-order valence-electron chi connectivity index (χ3n) is 4.22. The number of hydrogen-bond acceptors (Lipinski definition) is 4. The first kappa shape index (κ1) is 17.8. The Kier molecular flexibility index (Phi) is 5.41. The molecule has 136 valence electrons. The molecule has 0 unspecified atom stereocenters. The molecule has 2 aromatic carbocycles. The molecule has 1 heterocycles. The molecule has 1 aliphatic heterocycles. The van der Waals surface area contributed by atoms with Crippen molar-refractivity contribution < 1.29 is 19.1 Å². The zero-order valence-electron chi connectivity index (χ0n) is 15.0. The fourth-order valence-electron chi connectivity index (χ4n) is 2.73. The van der Waals surface area contributed by atoms with Gasteiger partial charge in [-0.2, -0.15) is 0 Å². The number of carbonyl (C=O) groups is 2. The van der Waals surface area contributed by atoms with Crippen LogP contribution >= 0.6 is 0 Å². The zero-order chi connectivity index (χ0) is 18.5. The number of aryl methyl sites for hydroxylation is 1. The Hall–Kier alpha value is -3.02. The van der Waals surface area contributed by atoms with Crippen LogP contribution in [0.5, 0.6) is 11.5 Å². The van der Waals surface area contributed by atoms with Gasteiger partial charge in [-0.05, 0) is 24.6 Å². The minimum absolute atomic E-state index is 0.0995. The summed E-state index contributed by atoms with van der Waals surface area (Å²) in [5, 5.41) is 2.88. The predicted octanol–water partition coefficient (Wildman–Crippen LogP) is 2.78. The van der Waals surface area contributed by atoms with Crippen LogP contribution in [0.4, 0.5) is 5.69 Å². The lowest BCUT2D eigenvalue weighted by Crippen LogP contribution is -2.33. The number of amides is 2. The lowest BCUT2D eigenvalue weighted by atomic mass is 10.1. The minimum atomic E-state index is -0.129. The van der Waals surface area contributed by atoms with Gasteiger partial charge in [0, 0.05) is 38.2 Å². The number of nitrogens with one attached hydrogen (secondary N) is 1. The molecule has 0 saturated carbocycles. The van der Waals surface area contributed by atoms with Crippen LogP contribution < -0.4 is 19.7 Å². The number of ether oxygens (including phenoxy) is 2. The Morgan fingerprint density at radius 2 is 1.81 bits per heavy atom. The summed E-state index contributed by atoms with van der Waals surface area (Å²) in [6.07, 6.45) is 0.222. The van der Waals surface area contributed by atoms with E-state index in [0.717, 1.165) is 5.56 Å². The molecule has 2 amide bonds. The molecule has 3 rings (SSSR count). The first-order chi connectivity index (χ1) is 12.5. The molecular formula is C20H22N2O4. The Bertz CT molecular complexity index is 802. The van der Waals surface area contributed by atoms with E-state index in [1.54, 1.807) is 23.1 Å². The van der Waals surface area contributed by atoms with Crippen molar-refractivity contribution in [2.75, 3.05) is 18.2 Å². The minimum Gasteiger partial charge on any atom is -0.454 e. The van der Waals surface area contributed by atoms with Gasteiger partial charge < -0.3 is 19.7 Å². The van der Waals surface area contributed by atoms with Crippen LogP contribution in [0.15, 0.2) is 42.5 Å². The highest BCUT2D eigenvalue weighted by atomic mass is 16.7. The molecule has 1 aliphatic rings. The van der Waals surface area contributed by atoms with E-state index in [9.17, 15) is 9.59 Å². The lowest BCUT2D eigenvalue weighted by Gasteiger charge is -2.21. The van der Waals surface area contributed by atoms with Gasteiger partial charge in [0.25, 0.3) is 0 Å². The average Bonchev–Trinajstić information content (AvgIpc) is 3.09. The molecule has 6 nitrogen and oxygen atoms in total. The highest BCUT2D eigenvalue weighted by Crippen LogP contribution is 2.35. The summed E-state index contributed by atoms with van der Waals surface area (Å²) in [6.45, 7) is 4.46. The maximum atomic E-state index is 12.1. The summed E-state index contributed by atoms with van der Waals surface area (Å²) in [6, 6.07) is 13.3. The van der Waals surface area contributed by atoms with E-state index in [2.05, 4.69) is 5.32 Å². The van der Waals surface area contributed by atoms with Gasteiger partial charge in [0.1, 0.15) is 0 Å². The van der Waals surface area contributed by atoms with Crippen LogP contribution in [0.2, 0.25) is 0 Å². The second kappa shape index (κ2) is 7.91. The average molecular weight is 354 g/mol. The van der Waals surface area contributed by atoms with E-state index < -0.39 is 0 Å². The monoisotopic (exact) mass is 354 g/mol. The summed E-state index contributed by atoms with van der Waals surface area (Å²) < 4.78 is 10.6. The van der Waals surface area contributed by atoms with Crippen molar-refractivity contribution in [3.05, 3.63) is 53.6 Å². The molecule has 2 aromatic rings. The Morgan fingerprint density at radius 3 is 2.54 bits per heavy atom. The van der Waals surface area contributed by atoms with Gasteiger partial charge in [-0.3, -0.25) is 9.59 Å². The summed E-state index contributed by atoms with van der Waals surface area (Å²) in [5.41, 5.74) is 2.91. The Labute approximate surface area is 152 Å². The summed E-state index contributed by atoms with van der Waals surface area (Å²) in [4.78, 5) is 25.7. The van der Waals surface area contributed by atoms with Crippen molar-refractivity contribution in [2.24, 2.45) is 0 Å². The van der Waals surface area contributed by atoms with Crippen LogP contribution in [0.1, 0.15) is 24.5 Å². The highest BCUT2D eigenvalue weighted by molar-refractivity contribution is 5.92. The maximum absolute atomic E-state index is 12.1. The SMILES string of the molecule is CC(=O)N(CCC(=O)NCc1ccc(C)cc1)c1ccc2c(c1)OCO2. The standard InChI is InChI=1S/C20H22N2O4/c1-14-3-5-16(6-4-14)12-21-20(24)9-10-22(15(2)23)17-7-8-18-19(11-17)26-13-25-18/h3-8,11H,9-10,12-13H2,1-2H3,(H,21,24). The van der Waals surface area contributed by atoms with Crippen molar-refractivity contribution >= 4 is 17.5 Å². The largest absolute Gasteiger partial charge is 0.454 e. The number of fused-ring (bicyclic) bond motifs is 1. The van der Waals surface area contributed by atoms with Crippen molar-refractivity contribution in [3.63, 3.8) is 0 Å². The molecule has 0 bridgehead atoms. The number of benzene rings is 2. The van der Waals surface area contributed by atoms with Gasteiger partial charge in [-0.25, -0.2) is 0 Å². The predicted molar refractivity (Wildman–Crippen MR) is 98.2 cm³/mol. The van der Waals surface area contributed by atoms with Crippen molar-refractivity contribution in [1.29, 1.82) is 0 Å². The van der Waals surface area contributed by atoms with Gasteiger partial charge in [0.15, 0.2) is 11.5 Å². The summed E-state index contributed by atoms with van der Waals surface area (Å²) >= 11 is 0. The van der Waals surface area contributed by atoms with Crippen LogP contribution in [-0.4, -0.2) is 25.2 Å². The van der Waals surface area contributed by atoms with Gasteiger partial charge in [0.05, 0.1) is 0 Å². The smallest absolute Gasteiger partial charge is 0.231 e. The van der Waals surface area contributed by atoms with Gasteiger partial charge in [-0.1, -0.05) is 29.8 Å². The molecule has 0 spiro atoms.